The Morgan fingerprint density at radius 2 is 2.31 bits per heavy atom. The maximum atomic E-state index is 11.0. The molecule has 3 N–H and O–H groups in total. The zero-order valence-electron chi connectivity index (χ0n) is 9.43. The van der Waals surface area contributed by atoms with Gasteiger partial charge in [-0.1, -0.05) is 0 Å². The third kappa shape index (κ3) is 4.56. The van der Waals surface area contributed by atoms with Crippen LogP contribution in [0.3, 0.4) is 0 Å². The number of hydrogen-bond donors (Lipinski definition) is 2. The van der Waals surface area contributed by atoms with Gasteiger partial charge in [-0.25, -0.2) is 13.4 Å². The normalized spacial score (nSPS) is 13.9. The summed E-state index contributed by atoms with van der Waals surface area (Å²) < 4.78 is 22.0. The van der Waals surface area contributed by atoms with Crippen LogP contribution in [0.25, 0.3) is 0 Å². The predicted molar refractivity (Wildman–Crippen MR) is 65.9 cm³/mol. The maximum Gasteiger partial charge on any atom is 0.147 e. The van der Waals surface area contributed by atoms with Crippen LogP contribution in [0, 0.1) is 6.92 Å². The molecule has 1 aromatic heterocycles. The molecule has 1 aromatic rings. The number of hydrogen-bond acceptors (Lipinski definition) is 6. The highest BCUT2D eigenvalue weighted by molar-refractivity contribution is 7.90. The maximum absolute atomic E-state index is 11.0. The minimum absolute atomic E-state index is 0.00653. The Morgan fingerprint density at radius 1 is 1.62 bits per heavy atom. The quantitative estimate of drug-likeness (QED) is 0.585. The molecule has 0 radical (unpaired) electrons. The molecule has 1 atom stereocenters. The van der Waals surface area contributed by atoms with Gasteiger partial charge >= 0.3 is 0 Å². The average molecular weight is 263 g/mol. The van der Waals surface area contributed by atoms with Crippen LogP contribution >= 0.6 is 11.3 Å². The molecule has 5 nitrogen and oxygen atoms in total. The minimum atomic E-state index is -2.89. The van der Waals surface area contributed by atoms with Crippen molar-refractivity contribution in [2.24, 2.45) is 5.84 Å². The molecule has 16 heavy (non-hydrogen) atoms. The highest BCUT2D eigenvalue weighted by Crippen LogP contribution is 2.23. The number of thiazole rings is 1. The van der Waals surface area contributed by atoms with Crippen molar-refractivity contribution in [3.05, 3.63) is 16.1 Å². The van der Waals surface area contributed by atoms with Crippen LogP contribution in [0.1, 0.15) is 28.8 Å². The molecule has 0 saturated heterocycles. The first-order chi connectivity index (χ1) is 7.42. The van der Waals surface area contributed by atoms with Crippen molar-refractivity contribution in [1.82, 2.24) is 10.4 Å². The van der Waals surface area contributed by atoms with E-state index in [1.54, 1.807) is 17.5 Å². The fourth-order valence-electron chi connectivity index (χ4n) is 1.40. The van der Waals surface area contributed by atoms with Crippen LogP contribution in [-0.2, 0) is 9.84 Å². The van der Waals surface area contributed by atoms with Crippen molar-refractivity contribution < 1.29 is 8.42 Å². The number of aryl methyl sites for hydroxylation is 1. The summed E-state index contributed by atoms with van der Waals surface area (Å²) in [7, 11) is -2.89. The van der Waals surface area contributed by atoms with Gasteiger partial charge in [-0.15, -0.1) is 11.3 Å². The number of nitrogens with one attached hydrogen (secondary N) is 1. The van der Waals surface area contributed by atoms with E-state index in [4.69, 9.17) is 5.84 Å². The van der Waals surface area contributed by atoms with E-state index in [1.165, 1.54) is 6.26 Å². The zero-order chi connectivity index (χ0) is 12.2. The lowest BCUT2D eigenvalue weighted by molar-refractivity contribution is 0.514. The van der Waals surface area contributed by atoms with Gasteiger partial charge in [0.05, 0.1) is 11.0 Å². The second kappa shape index (κ2) is 5.72. The van der Waals surface area contributed by atoms with E-state index in [-0.39, 0.29) is 11.8 Å². The van der Waals surface area contributed by atoms with Gasteiger partial charge in [0.25, 0.3) is 0 Å². The molecule has 0 spiro atoms. The molecule has 0 saturated carbocycles. The molecule has 1 unspecified atom stereocenters. The van der Waals surface area contributed by atoms with Crippen LogP contribution in [0.2, 0.25) is 0 Å². The number of hydrazine groups is 1. The second-order valence-electron chi connectivity index (χ2n) is 3.77. The third-order valence-electron chi connectivity index (χ3n) is 2.19. The molecule has 0 bridgehead atoms. The van der Waals surface area contributed by atoms with Gasteiger partial charge in [0.1, 0.15) is 9.84 Å². The highest BCUT2D eigenvalue weighted by atomic mass is 32.2. The molecule has 0 aromatic carbocycles. The molecular weight excluding hydrogens is 246 g/mol. The lowest BCUT2D eigenvalue weighted by Gasteiger charge is -2.12. The summed E-state index contributed by atoms with van der Waals surface area (Å²) >= 11 is 1.58. The lowest BCUT2D eigenvalue weighted by atomic mass is 10.1. The van der Waals surface area contributed by atoms with E-state index in [2.05, 4.69) is 10.4 Å². The zero-order valence-corrected chi connectivity index (χ0v) is 11.1. The van der Waals surface area contributed by atoms with Crippen molar-refractivity contribution in [3.8, 4) is 0 Å². The molecule has 7 heteroatoms. The predicted octanol–water partition coefficient (Wildman–Crippen LogP) is 0.781. The number of aromatic nitrogens is 1. The Hall–Kier alpha value is -0.500. The van der Waals surface area contributed by atoms with Gasteiger partial charge in [0.2, 0.25) is 0 Å². The Kier molecular flexibility index (Phi) is 4.85. The van der Waals surface area contributed by atoms with Gasteiger partial charge in [-0.05, 0) is 19.8 Å². The minimum Gasteiger partial charge on any atom is -0.271 e. The summed E-state index contributed by atoms with van der Waals surface area (Å²) in [5, 5.41) is 0.985. The fraction of sp³-hybridized carbons (Fsp3) is 0.667. The van der Waals surface area contributed by atoms with Crippen molar-refractivity contribution >= 4 is 21.2 Å². The summed E-state index contributed by atoms with van der Waals surface area (Å²) in [6.45, 7) is 1.93. The van der Waals surface area contributed by atoms with Gasteiger partial charge < -0.3 is 0 Å². The van der Waals surface area contributed by atoms with Crippen LogP contribution in [-0.4, -0.2) is 25.4 Å². The Labute approximate surface area is 100.0 Å². The van der Waals surface area contributed by atoms with Crippen LogP contribution in [0.4, 0.5) is 0 Å². The summed E-state index contributed by atoms with van der Waals surface area (Å²) in [6, 6.07) is -0.00653. The Bertz CT molecular complexity index is 428. The monoisotopic (exact) mass is 263 g/mol. The van der Waals surface area contributed by atoms with E-state index >= 15 is 0 Å². The first-order valence-electron chi connectivity index (χ1n) is 4.98. The molecule has 0 amide bonds. The largest absolute Gasteiger partial charge is 0.271 e. The van der Waals surface area contributed by atoms with E-state index in [0.717, 1.165) is 9.88 Å². The van der Waals surface area contributed by atoms with Crippen molar-refractivity contribution in [2.75, 3.05) is 12.0 Å². The molecule has 0 aliphatic carbocycles. The average Bonchev–Trinajstić information content (AvgIpc) is 2.58. The Morgan fingerprint density at radius 3 is 2.75 bits per heavy atom. The standard InChI is InChI=1S/C9H17N3O2S2/c1-7-11-6-9(15-7)8(12-10)4-3-5-16(2,13)14/h6,8,12H,3-5,10H2,1-2H3. The first kappa shape index (κ1) is 13.6. The summed E-state index contributed by atoms with van der Waals surface area (Å²) in [6.07, 6.45) is 4.33. The smallest absolute Gasteiger partial charge is 0.147 e. The molecule has 0 fully saturated rings. The molecule has 0 aliphatic heterocycles. The first-order valence-corrected chi connectivity index (χ1v) is 7.86. The van der Waals surface area contributed by atoms with E-state index < -0.39 is 9.84 Å². The van der Waals surface area contributed by atoms with E-state index in [1.807, 2.05) is 6.92 Å². The van der Waals surface area contributed by atoms with Crippen molar-refractivity contribution in [3.63, 3.8) is 0 Å². The van der Waals surface area contributed by atoms with Crippen LogP contribution in [0.5, 0.6) is 0 Å². The van der Waals surface area contributed by atoms with Gasteiger partial charge in [0.15, 0.2) is 0 Å². The van der Waals surface area contributed by atoms with Crippen molar-refractivity contribution in [1.29, 1.82) is 0 Å². The number of sulfone groups is 1. The molecule has 1 rings (SSSR count). The SMILES string of the molecule is Cc1ncc(C(CCCS(C)(=O)=O)NN)s1. The van der Waals surface area contributed by atoms with Crippen molar-refractivity contribution in [2.45, 2.75) is 25.8 Å². The highest BCUT2D eigenvalue weighted by Gasteiger charge is 2.13. The van der Waals surface area contributed by atoms with E-state index in [0.29, 0.717) is 12.8 Å². The van der Waals surface area contributed by atoms with E-state index in [9.17, 15) is 8.42 Å². The molecule has 92 valence electrons. The fourth-order valence-corrected chi connectivity index (χ4v) is 2.97. The number of nitrogens with two attached hydrogens (primary N) is 1. The van der Waals surface area contributed by atoms with Gasteiger partial charge in [-0.3, -0.25) is 11.3 Å². The summed E-state index contributed by atoms with van der Waals surface area (Å²) in [5.74, 6) is 5.64. The van der Waals surface area contributed by atoms with Gasteiger partial charge in [0, 0.05) is 23.1 Å². The van der Waals surface area contributed by atoms with Crippen LogP contribution < -0.4 is 11.3 Å². The Balaban J connectivity index is 2.50. The third-order valence-corrected chi connectivity index (χ3v) is 4.25. The number of nitrogens with zero attached hydrogens (tertiary/aromatic N) is 1. The molecule has 0 aliphatic rings. The van der Waals surface area contributed by atoms with Crippen LogP contribution in [0.15, 0.2) is 6.20 Å². The second-order valence-corrected chi connectivity index (χ2v) is 7.30. The van der Waals surface area contributed by atoms with Gasteiger partial charge in [-0.2, -0.15) is 0 Å². The topological polar surface area (TPSA) is 85.1 Å². The number of rotatable bonds is 6. The lowest BCUT2D eigenvalue weighted by Crippen LogP contribution is -2.27. The summed E-state index contributed by atoms with van der Waals surface area (Å²) in [5.41, 5.74) is 2.69. The molecule has 1 heterocycles. The molecular formula is C9H17N3O2S2. The summed E-state index contributed by atoms with van der Waals surface area (Å²) in [4.78, 5) is 5.20.